The number of amidine groups is 1. The van der Waals surface area contributed by atoms with Crippen LogP contribution in [0, 0.1) is 17.1 Å². The van der Waals surface area contributed by atoms with Crippen LogP contribution in [0.1, 0.15) is 21.6 Å². The van der Waals surface area contributed by atoms with Gasteiger partial charge in [0.25, 0.3) is 12.3 Å². The molecule has 1 atom stereocenters. The summed E-state index contributed by atoms with van der Waals surface area (Å²) in [6.45, 7) is -0.951. The number of nitrogens with zero attached hydrogens (tertiary/aromatic N) is 4. The Morgan fingerprint density at radius 1 is 1.34 bits per heavy atom. The Labute approximate surface area is 180 Å². The molecule has 166 valence electrons. The van der Waals surface area contributed by atoms with Crippen molar-refractivity contribution in [2.75, 3.05) is 25.5 Å². The molecule has 1 aromatic carbocycles. The van der Waals surface area contributed by atoms with E-state index in [0.29, 0.717) is 0 Å². The Bertz CT molecular complexity index is 1120. The number of nitrogens with two attached hydrogens (primary N) is 1. The number of aliphatic imine (C=N–C) groups is 1. The van der Waals surface area contributed by atoms with Crippen LogP contribution in [0.3, 0.4) is 0 Å². The third-order valence-electron chi connectivity index (χ3n) is 4.74. The van der Waals surface area contributed by atoms with E-state index in [1.54, 1.807) is 0 Å². The minimum atomic E-state index is -3.24. The normalized spacial score (nSPS) is 18.0. The summed E-state index contributed by atoms with van der Waals surface area (Å²) >= 11 is 0. The zero-order chi connectivity index (χ0) is 23.5. The fourth-order valence-electron chi connectivity index (χ4n) is 3.23. The van der Waals surface area contributed by atoms with Crippen LogP contribution < -0.4 is 11.1 Å². The summed E-state index contributed by atoms with van der Waals surface area (Å²) in [7, 11) is 1.07. The van der Waals surface area contributed by atoms with E-state index in [1.165, 1.54) is 24.4 Å². The van der Waals surface area contributed by atoms with Crippen LogP contribution in [0.15, 0.2) is 41.5 Å². The molecule has 0 bridgehead atoms. The lowest BCUT2D eigenvalue weighted by atomic mass is 9.88. The van der Waals surface area contributed by atoms with E-state index in [2.05, 4.69) is 20.0 Å². The summed E-state index contributed by atoms with van der Waals surface area (Å²) in [5, 5.41) is 11.2. The molecule has 1 unspecified atom stereocenters. The molecule has 1 aliphatic rings. The number of hydrogen-bond donors (Lipinski definition) is 2. The number of anilines is 1. The maximum Gasteiger partial charge on any atom is 0.409 e. The van der Waals surface area contributed by atoms with E-state index in [-0.39, 0.29) is 29.3 Å². The van der Waals surface area contributed by atoms with Gasteiger partial charge >= 0.3 is 6.09 Å². The Hall–Kier alpha value is -4.14. The number of carbonyl (C=O) groups excluding carboxylic acids is 2. The number of halogens is 3. The second kappa shape index (κ2) is 8.93. The van der Waals surface area contributed by atoms with Crippen molar-refractivity contribution in [2.45, 2.75) is 12.0 Å². The molecule has 2 amide bonds. The van der Waals surface area contributed by atoms with Gasteiger partial charge in [0, 0.05) is 17.4 Å². The van der Waals surface area contributed by atoms with Crippen molar-refractivity contribution >= 4 is 23.5 Å². The fourth-order valence-corrected chi connectivity index (χ4v) is 3.23. The first kappa shape index (κ1) is 22.5. The highest BCUT2D eigenvalue weighted by atomic mass is 19.3. The molecule has 0 saturated heterocycles. The monoisotopic (exact) mass is 446 g/mol. The molecule has 0 spiro atoms. The van der Waals surface area contributed by atoms with Gasteiger partial charge in [0.15, 0.2) is 5.54 Å². The number of carbonyl (C=O) groups is 2. The standard InChI is InChI=1S/C20H17F3N6O3/c1-32-19(31)29-9-16(25)28-20(10-29,18(22)23)13-6-12(3-4-14(13)21)27-17(30)15-5-2-11(7-24)8-26-15/h2-6,8,18H,9-10H2,1H3,(H2,25,28)(H,27,30). The van der Waals surface area contributed by atoms with Gasteiger partial charge in [-0.25, -0.2) is 22.9 Å². The number of nitriles is 1. The van der Waals surface area contributed by atoms with E-state index < -0.39 is 41.9 Å². The van der Waals surface area contributed by atoms with Crippen molar-refractivity contribution in [1.82, 2.24) is 9.88 Å². The molecule has 3 N–H and O–H groups in total. The molecule has 0 radical (unpaired) electrons. The molecule has 2 heterocycles. The van der Waals surface area contributed by atoms with Gasteiger partial charge in [-0.2, -0.15) is 5.26 Å². The lowest BCUT2D eigenvalue weighted by molar-refractivity contribution is 0.0231. The summed E-state index contributed by atoms with van der Waals surface area (Å²) in [4.78, 5) is 32.9. The van der Waals surface area contributed by atoms with Gasteiger partial charge in [-0.15, -0.1) is 0 Å². The minimum Gasteiger partial charge on any atom is -0.453 e. The summed E-state index contributed by atoms with van der Waals surface area (Å²) in [5.74, 6) is -2.04. The van der Waals surface area contributed by atoms with Gasteiger partial charge in [-0.05, 0) is 30.3 Å². The van der Waals surface area contributed by atoms with E-state index in [1.807, 2.05) is 6.07 Å². The van der Waals surface area contributed by atoms with Crippen molar-refractivity contribution < 1.29 is 27.5 Å². The first-order valence-corrected chi connectivity index (χ1v) is 9.13. The maximum atomic E-state index is 14.7. The molecule has 1 aromatic heterocycles. The van der Waals surface area contributed by atoms with Gasteiger partial charge in [0.1, 0.15) is 23.4 Å². The van der Waals surface area contributed by atoms with E-state index in [9.17, 15) is 22.8 Å². The van der Waals surface area contributed by atoms with Crippen LogP contribution in [0.5, 0.6) is 0 Å². The number of aromatic nitrogens is 1. The average molecular weight is 446 g/mol. The fraction of sp³-hybridized carbons (Fsp3) is 0.250. The van der Waals surface area contributed by atoms with Gasteiger partial charge in [0.05, 0.1) is 25.8 Å². The first-order valence-electron chi connectivity index (χ1n) is 9.13. The number of benzene rings is 1. The van der Waals surface area contributed by atoms with Crippen molar-refractivity contribution in [3.05, 3.63) is 59.2 Å². The quantitative estimate of drug-likeness (QED) is 0.740. The van der Waals surface area contributed by atoms with Crippen molar-refractivity contribution in [3.8, 4) is 6.07 Å². The molecule has 32 heavy (non-hydrogen) atoms. The van der Waals surface area contributed by atoms with Crippen molar-refractivity contribution in [2.24, 2.45) is 10.7 Å². The second-order valence-corrected chi connectivity index (χ2v) is 6.85. The van der Waals surface area contributed by atoms with Gasteiger partial charge in [0.2, 0.25) is 0 Å². The lowest BCUT2D eigenvalue weighted by Crippen LogP contribution is -2.55. The van der Waals surface area contributed by atoms with Crippen LogP contribution >= 0.6 is 0 Å². The number of alkyl halides is 2. The van der Waals surface area contributed by atoms with Gasteiger partial charge < -0.3 is 15.8 Å². The van der Waals surface area contributed by atoms with Gasteiger partial charge in [-0.1, -0.05) is 0 Å². The molecule has 0 saturated carbocycles. The number of methoxy groups -OCH3 is 1. The zero-order valence-corrected chi connectivity index (χ0v) is 16.7. The zero-order valence-electron chi connectivity index (χ0n) is 16.7. The maximum absolute atomic E-state index is 14.7. The lowest BCUT2D eigenvalue weighted by Gasteiger charge is -2.38. The highest BCUT2D eigenvalue weighted by Gasteiger charge is 2.49. The van der Waals surface area contributed by atoms with E-state index in [0.717, 1.165) is 24.1 Å². The van der Waals surface area contributed by atoms with E-state index >= 15 is 0 Å². The highest BCUT2D eigenvalue weighted by molar-refractivity contribution is 6.02. The van der Waals surface area contributed by atoms with Crippen LogP contribution in [0.25, 0.3) is 0 Å². The van der Waals surface area contributed by atoms with Crippen LogP contribution in [0.4, 0.5) is 23.7 Å². The predicted octanol–water partition coefficient (Wildman–Crippen LogP) is 2.24. The number of amides is 2. The first-order chi connectivity index (χ1) is 15.2. The molecule has 1 aliphatic heterocycles. The smallest absolute Gasteiger partial charge is 0.409 e. The Morgan fingerprint density at radius 3 is 2.69 bits per heavy atom. The largest absolute Gasteiger partial charge is 0.453 e. The number of pyridine rings is 1. The third kappa shape index (κ3) is 4.31. The van der Waals surface area contributed by atoms with E-state index in [4.69, 9.17) is 11.0 Å². The molecule has 0 aliphatic carbocycles. The third-order valence-corrected chi connectivity index (χ3v) is 4.74. The van der Waals surface area contributed by atoms with Crippen molar-refractivity contribution in [3.63, 3.8) is 0 Å². The molecule has 3 rings (SSSR count). The van der Waals surface area contributed by atoms with Crippen LogP contribution in [-0.4, -0.2) is 54.3 Å². The molecule has 2 aromatic rings. The topological polar surface area (TPSA) is 134 Å². The molecule has 9 nitrogen and oxygen atoms in total. The number of rotatable bonds is 4. The second-order valence-electron chi connectivity index (χ2n) is 6.85. The number of hydrogen-bond acceptors (Lipinski definition) is 7. The summed E-state index contributed by atoms with van der Waals surface area (Å²) < 4.78 is 47.8. The molecular weight excluding hydrogens is 429 g/mol. The summed E-state index contributed by atoms with van der Waals surface area (Å²) in [6, 6.07) is 7.61. The molecular formula is C20H17F3N6O3. The Kier molecular flexibility index (Phi) is 6.29. The van der Waals surface area contributed by atoms with Crippen molar-refractivity contribution in [1.29, 1.82) is 5.26 Å². The average Bonchev–Trinajstić information content (AvgIpc) is 2.79. The predicted molar refractivity (Wildman–Crippen MR) is 107 cm³/mol. The summed E-state index contributed by atoms with van der Waals surface area (Å²) in [5.41, 5.74) is 2.80. The SMILES string of the molecule is COC(=O)N1CC(N)=NC(c2cc(NC(=O)c3ccc(C#N)cn3)ccc2F)(C(F)F)C1. The van der Waals surface area contributed by atoms with Gasteiger partial charge in [-0.3, -0.25) is 14.7 Å². The minimum absolute atomic E-state index is 0.0125. The Morgan fingerprint density at radius 2 is 2.09 bits per heavy atom. The highest BCUT2D eigenvalue weighted by Crippen LogP contribution is 2.38. The number of nitrogens with one attached hydrogen (secondary N) is 1. The van der Waals surface area contributed by atoms with Crippen LogP contribution in [0.2, 0.25) is 0 Å². The molecule has 0 fully saturated rings. The molecule has 12 heteroatoms. The Balaban J connectivity index is 1.98. The summed E-state index contributed by atoms with van der Waals surface area (Å²) in [6.07, 6.45) is -2.98. The number of ether oxygens (including phenoxy) is 1. The van der Waals surface area contributed by atoms with Crippen LogP contribution in [-0.2, 0) is 10.3 Å².